The van der Waals surface area contributed by atoms with Crippen LogP contribution < -0.4 is 0 Å². The van der Waals surface area contributed by atoms with Crippen LogP contribution in [0.1, 0.15) is 13.8 Å². The van der Waals surface area contributed by atoms with Gasteiger partial charge < -0.3 is 9.64 Å². The molecule has 0 heterocycles. The van der Waals surface area contributed by atoms with Gasteiger partial charge in [0.05, 0.1) is 18.3 Å². The van der Waals surface area contributed by atoms with Crippen molar-refractivity contribution >= 4 is 35.2 Å². The molecule has 2 unspecified atom stereocenters. The number of carbonyl (C=O) groups is 2. The van der Waals surface area contributed by atoms with Crippen molar-refractivity contribution in [2.24, 2.45) is 5.92 Å². The second kappa shape index (κ2) is 8.29. The second-order valence-corrected chi connectivity index (χ2v) is 6.71. The summed E-state index contributed by atoms with van der Waals surface area (Å²) in [6.07, 6.45) is 0. The molecule has 0 aliphatic rings. The smallest absolute Gasteiger partial charge is 0.310 e. The van der Waals surface area contributed by atoms with Crippen LogP contribution in [0, 0.1) is 5.92 Å². The van der Waals surface area contributed by atoms with E-state index in [0.717, 1.165) is 4.90 Å². The minimum absolute atomic E-state index is 0.0225. The molecular weight excluding hydrogens is 310 g/mol. The van der Waals surface area contributed by atoms with E-state index in [0.29, 0.717) is 11.6 Å². The Morgan fingerprint density at radius 3 is 2.38 bits per heavy atom. The molecule has 0 aromatic heterocycles. The quantitative estimate of drug-likeness (QED) is 0.594. The van der Waals surface area contributed by atoms with Crippen molar-refractivity contribution in [2.45, 2.75) is 24.0 Å². The van der Waals surface area contributed by atoms with Gasteiger partial charge in [0.1, 0.15) is 0 Å². The monoisotopic (exact) mass is 329 g/mol. The summed E-state index contributed by atoms with van der Waals surface area (Å²) in [7, 11) is 3.04. The largest absolute Gasteiger partial charge is 0.469 e. The van der Waals surface area contributed by atoms with Crippen molar-refractivity contribution in [1.82, 2.24) is 4.90 Å². The zero-order valence-corrected chi connectivity index (χ0v) is 14.2. The van der Waals surface area contributed by atoms with E-state index in [2.05, 4.69) is 4.74 Å². The highest BCUT2D eigenvalue weighted by Crippen LogP contribution is 2.25. The van der Waals surface area contributed by atoms with E-state index in [-0.39, 0.29) is 23.0 Å². The van der Waals surface area contributed by atoms with E-state index in [9.17, 15) is 9.59 Å². The van der Waals surface area contributed by atoms with Gasteiger partial charge in [-0.2, -0.15) is 0 Å². The summed E-state index contributed by atoms with van der Waals surface area (Å²) in [5.41, 5.74) is 0. The lowest BCUT2D eigenvalue weighted by Crippen LogP contribution is -2.38. The summed E-state index contributed by atoms with van der Waals surface area (Å²) < 4.78 is 4.67. The first-order chi connectivity index (χ1) is 9.85. The molecule has 0 saturated carbocycles. The first-order valence-corrected chi connectivity index (χ1v) is 7.86. The van der Waals surface area contributed by atoms with Crippen LogP contribution in [0.2, 0.25) is 5.02 Å². The minimum atomic E-state index is -0.336. The number of carbonyl (C=O) groups excluding carboxylic acids is 2. The maximum Gasteiger partial charge on any atom is 0.310 e. The Labute approximate surface area is 134 Å². The summed E-state index contributed by atoms with van der Waals surface area (Å²) in [6, 6.07) is 7.36. The number of rotatable bonds is 6. The molecule has 1 aromatic rings. The lowest BCUT2D eigenvalue weighted by molar-refractivity contribution is -0.146. The Balaban J connectivity index is 2.56. The van der Waals surface area contributed by atoms with Gasteiger partial charge in [-0.1, -0.05) is 18.5 Å². The predicted octanol–water partition coefficient (Wildman–Crippen LogP) is 3.09. The third kappa shape index (κ3) is 5.59. The molecule has 0 saturated heterocycles. The van der Waals surface area contributed by atoms with Crippen molar-refractivity contribution in [3.63, 3.8) is 0 Å². The van der Waals surface area contributed by atoms with Crippen molar-refractivity contribution in [1.29, 1.82) is 0 Å². The predicted molar refractivity (Wildman–Crippen MR) is 85.6 cm³/mol. The van der Waals surface area contributed by atoms with E-state index in [1.807, 2.05) is 19.1 Å². The van der Waals surface area contributed by atoms with Crippen LogP contribution in [0.15, 0.2) is 29.2 Å². The Hall–Kier alpha value is -1.20. The van der Waals surface area contributed by atoms with E-state index in [4.69, 9.17) is 11.6 Å². The lowest BCUT2D eigenvalue weighted by Gasteiger charge is -2.23. The highest BCUT2D eigenvalue weighted by molar-refractivity contribution is 8.00. The summed E-state index contributed by atoms with van der Waals surface area (Å²) in [6.45, 7) is 3.94. The third-order valence-electron chi connectivity index (χ3n) is 3.00. The molecule has 0 radical (unpaired) electrons. The molecule has 21 heavy (non-hydrogen) atoms. The van der Waals surface area contributed by atoms with Crippen molar-refractivity contribution in [2.75, 3.05) is 20.7 Å². The number of benzene rings is 1. The van der Waals surface area contributed by atoms with Crippen molar-refractivity contribution < 1.29 is 14.3 Å². The van der Waals surface area contributed by atoms with Gasteiger partial charge in [0, 0.05) is 23.5 Å². The number of hydrogen-bond acceptors (Lipinski definition) is 4. The van der Waals surface area contributed by atoms with Gasteiger partial charge in [0.2, 0.25) is 5.91 Å². The number of ether oxygens (including phenoxy) is 1. The van der Waals surface area contributed by atoms with Crippen LogP contribution >= 0.6 is 23.4 Å². The molecule has 116 valence electrons. The van der Waals surface area contributed by atoms with E-state index in [1.165, 1.54) is 18.9 Å². The van der Waals surface area contributed by atoms with Crippen LogP contribution in [-0.4, -0.2) is 42.7 Å². The Morgan fingerprint density at radius 1 is 1.29 bits per heavy atom. The third-order valence-corrected chi connectivity index (χ3v) is 4.35. The van der Waals surface area contributed by atoms with Gasteiger partial charge in [0.25, 0.3) is 0 Å². The average molecular weight is 330 g/mol. The zero-order chi connectivity index (χ0) is 16.0. The molecule has 0 N–H and O–H groups in total. The van der Waals surface area contributed by atoms with Gasteiger partial charge in [-0.15, -0.1) is 11.8 Å². The van der Waals surface area contributed by atoms with Crippen LogP contribution in [-0.2, 0) is 14.3 Å². The van der Waals surface area contributed by atoms with Gasteiger partial charge in [-0.25, -0.2) is 0 Å². The lowest BCUT2D eigenvalue weighted by atomic mass is 10.1. The van der Waals surface area contributed by atoms with Crippen LogP contribution in [0.5, 0.6) is 0 Å². The number of amides is 1. The minimum Gasteiger partial charge on any atom is -0.469 e. The molecule has 2 atom stereocenters. The van der Waals surface area contributed by atoms with Crippen LogP contribution in [0.3, 0.4) is 0 Å². The van der Waals surface area contributed by atoms with Gasteiger partial charge >= 0.3 is 5.97 Å². The molecular formula is C15H20ClNO3S. The summed E-state index contributed by atoms with van der Waals surface area (Å²) in [4.78, 5) is 26.2. The molecule has 6 heteroatoms. The maximum absolute atomic E-state index is 12.3. The molecule has 0 aliphatic heterocycles. The number of methoxy groups -OCH3 is 1. The summed E-state index contributed by atoms with van der Waals surface area (Å²) in [5, 5.41) is 0.434. The number of hydrogen-bond donors (Lipinski definition) is 0. The molecule has 1 aromatic carbocycles. The molecule has 4 nitrogen and oxygen atoms in total. The number of nitrogens with zero attached hydrogens (tertiary/aromatic N) is 1. The van der Waals surface area contributed by atoms with Gasteiger partial charge in [-0.05, 0) is 31.2 Å². The van der Waals surface area contributed by atoms with Gasteiger partial charge in [-0.3, -0.25) is 9.59 Å². The Kier molecular flexibility index (Phi) is 7.05. The Bertz CT molecular complexity index is 492. The fraction of sp³-hybridized carbons (Fsp3) is 0.467. The van der Waals surface area contributed by atoms with E-state index < -0.39 is 0 Å². The van der Waals surface area contributed by atoms with Crippen LogP contribution in [0.4, 0.5) is 0 Å². The molecule has 0 fully saturated rings. The number of thioether (sulfide) groups is 1. The Morgan fingerprint density at radius 2 is 1.86 bits per heavy atom. The first kappa shape index (κ1) is 17.9. The SMILES string of the molecule is COC(=O)C(C)CN(C)C(=O)C(C)Sc1ccc(Cl)cc1. The highest BCUT2D eigenvalue weighted by atomic mass is 35.5. The van der Waals surface area contributed by atoms with Crippen molar-refractivity contribution in [3.8, 4) is 0 Å². The zero-order valence-electron chi connectivity index (χ0n) is 12.6. The molecule has 1 rings (SSSR count). The van der Waals surface area contributed by atoms with E-state index in [1.54, 1.807) is 31.0 Å². The second-order valence-electron chi connectivity index (χ2n) is 4.86. The number of halogens is 1. The average Bonchev–Trinajstić information content (AvgIpc) is 2.47. The topological polar surface area (TPSA) is 46.6 Å². The fourth-order valence-electron chi connectivity index (χ4n) is 1.85. The summed E-state index contributed by atoms with van der Waals surface area (Å²) in [5.74, 6) is -0.671. The standard InChI is InChI=1S/C15H20ClNO3S/c1-10(15(19)20-4)9-17(3)14(18)11(2)21-13-7-5-12(16)6-8-13/h5-8,10-11H,9H2,1-4H3. The molecule has 0 spiro atoms. The summed E-state index contributed by atoms with van der Waals surface area (Å²) >= 11 is 7.30. The van der Waals surface area contributed by atoms with Crippen molar-refractivity contribution in [3.05, 3.63) is 29.3 Å². The maximum atomic E-state index is 12.3. The first-order valence-electron chi connectivity index (χ1n) is 6.60. The molecule has 0 bridgehead atoms. The fourth-order valence-corrected chi connectivity index (χ4v) is 2.96. The van der Waals surface area contributed by atoms with E-state index >= 15 is 0 Å². The van der Waals surface area contributed by atoms with Gasteiger partial charge in [0.15, 0.2) is 0 Å². The molecule has 0 aliphatic carbocycles. The normalized spacial score (nSPS) is 13.4. The highest BCUT2D eigenvalue weighted by Gasteiger charge is 2.23. The number of esters is 1. The van der Waals surface area contributed by atoms with Crippen LogP contribution in [0.25, 0.3) is 0 Å². The molecule has 1 amide bonds.